The second-order valence-corrected chi connectivity index (χ2v) is 13.5. The van der Waals surface area contributed by atoms with Gasteiger partial charge in [-0.05, 0) is 78.0 Å². The Kier molecular flexibility index (Phi) is 10.8. The average molecular weight is 655 g/mol. The fourth-order valence-corrected chi connectivity index (χ4v) is 5.14. The van der Waals surface area contributed by atoms with Crippen molar-refractivity contribution in [2.45, 2.75) is 65.6 Å². The molecule has 12 heteroatoms. The summed E-state index contributed by atoms with van der Waals surface area (Å²) in [5.41, 5.74) is 0.248. The summed E-state index contributed by atoms with van der Waals surface area (Å²) in [7, 11) is 1.49. The number of amides is 3. The third kappa shape index (κ3) is 9.15. The maximum absolute atomic E-state index is 13.5. The summed E-state index contributed by atoms with van der Waals surface area (Å²) in [4.78, 5) is 54.9. The van der Waals surface area contributed by atoms with Crippen molar-refractivity contribution in [2.75, 3.05) is 31.6 Å². The summed E-state index contributed by atoms with van der Waals surface area (Å²) in [6, 6.07) is 12.8. The maximum Gasteiger partial charge on any atom is 0.415 e. The van der Waals surface area contributed by atoms with Crippen LogP contribution < -0.4 is 9.64 Å². The molecular weight excluding hydrogens is 612 g/mol. The largest absolute Gasteiger partial charge is 0.495 e. The standard InChI is InChI=1S/C36H42N6O6/c1-23(19-37)21-42(34(45)48-36(5,6)7)30-27-18-26(12-11-25(27)13-14-29(30)46-8)28-15-16-38-31(40-28)32(43)39-20-24-10-9-17-41(22-24)33(44)47-35(2,3)4/h11-16,18,20,24H,1,9-10,17,21-22H2,2-8H3. The van der Waals surface area contributed by atoms with E-state index in [9.17, 15) is 19.6 Å². The third-order valence-electron chi connectivity index (χ3n) is 7.22. The van der Waals surface area contributed by atoms with E-state index in [1.807, 2.05) is 51.1 Å². The number of nitriles is 1. The van der Waals surface area contributed by atoms with Gasteiger partial charge in [0.1, 0.15) is 17.0 Å². The number of anilines is 1. The summed E-state index contributed by atoms with van der Waals surface area (Å²) in [5.74, 6) is -0.426. The minimum atomic E-state index is -0.798. The van der Waals surface area contributed by atoms with Crippen molar-refractivity contribution in [2.24, 2.45) is 10.9 Å². The van der Waals surface area contributed by atoms with Gasteiger partial charge in [0.15, 0.2) is 0 Å². The van der Waals surface area contributed by atoms with E-state index in [1.165, 1.54) is 18.2 Å². The summed E-state index contributed by atoms with van der Waals surface area (Å²) in [6.45, 7) is 15.4. The van der Waals surface area contributed by atoms with Crippen molar-refractivity contribution in [3.8, 4) is 23.1 Å². The molecule has 1 saturated heterocycles. The quantitative estimate of drug-likeness (QED) is 0.194. The van der Waals surface area contributed by atoms with Crippen LogP contribution >= 0.6 is 0 Å². The molecule has 0 spiro atoms. The summed E-state index contributed by atoms with van der Waals surface area (Å²) < 4.78 is 16.9. The molecule has 3 aromatic rings. The lowest BCUT2D eigenvalue weighted by Crippen LogP contribution is -2.43. The summed E-state index contributed by atoms with van der Waals surface area (Å²) in [6.07, 6.45) is 3.53. The molecule has 4 rings (SSSR count). The molecule has 1 fully saturated rings. The van der Waals surface area contributed by atoms with Crippen LogP contribution in [-0.4, -0.2) is 77.1 Å². The number of nitrogens with zero attached hydrogens (tertiary/aromatic N) is 6. The number of hydrogen-bond acceptors (Lipinski definition) is 9. The average Bonchev–Trinajstić information content (AvgIpc) is 3.03. The molecule has 1 unspecified atom stereocenters. The lowest BCUT2D eigenvalue weighted by Gasteiger charge is -2.32. The fourth-order valence-electron chi connectivity index (χ4n) is 5.14. The van der Waals surface area contributed by atoms with Crippen molar-refractivity contribution in [1.82, 2.24) is 14.9 Å². The zero-order valence-electron chi connectivity index (χ0n) is 28.6. The van der Waals surface area contributed by atoms with Gasteiger partial charge in [-0.1, -0.05) is 24.8 Å². The van der Waals surface area contributed by atoms with Crippen molar-refractivity contribution < 1.29 is 28.6 Å². The van der Waals surface area contributed by atoms with E-state index in [4.69, 9.17) is 14.2 Å². The fraction of sp³-hybridized carbons (Fsp3) is 0.417. The number of aromatic nitrogens is 2. The lowest BCUT2D eigenvalue weighted by atomic mass is 10.00. The monoisotopic (exact) mass is 654 g/mol. The normalized spacial score (nSPS) is 15.1. The predicted molar refractivity (Wildman–Crippen MR) is 183 cm³/mol. The van der Waals surface area contributed by atoms with Gasteiger partial charge in [0.05, 0.1) is 31.1 Å². The number of carbonyl (C=O) groups is 3. The van der Waals surface area contributed by atoms with Gasteiger partial charge >= 0.3 is 18.1 Å². The highest BCUT2D eigenvalue weighted by Crippen LogP contribution is 2.39. The molecule has 12 nitrogen and oxygen atoms in total. The summed E-state index contributed by atoms with van der Waals surface area (Å²) in [5, 5.41) is 10.9. The molecule has 0 radical (unpaired) electrons. The molecule has 1 aliphatic heterocycles. The number of benzene rings is 2. The number of hydrogen-bond donors (Lipinski definition) is 0. The minimum Gasteiger partial charge on any atom is -0.495 e. The smallest absolute Gasteiger partial charge is 0.415 e. The molecule has 3 amide bonds. The van der Waals surface area contributed by atoms with Crippen LogP contribution in [0.15, 0.2) is 59.7 Å². The van der Waals surface area contributed by atoms with E-state index in [0.29, 0.717) is 41.2 Å². The Bertz CT molecular complexity index is 1780. The SMILES string of the molecule is C=C(C#N)CN(C(=O)OC(C)(C)C)c1c(OC)ccc2ccc(-c3ccnc(C(=O)N=CC4CCCN(C(=O)OC(C)(C)C)C4)n3)cc12. The molecule has 48 heavy (non-hydrogen) atoms. The van der Waals surface area contributed by atoms with Crippen molar-refractivity contribution in [3.63, 3.8) is 0 Å². The Labute approximate surface area is 281 Å². The van der Waals surface area contributed by atoms with E-state index in [-0.39, 0.29) is 30.0 Å². The van der Waals surface area contributed by atoms with E-state index >= 15 is 0 Å². The predicted octanol–water partition coefficient (Wildman–Crippen LogP) is 6.98. The molecule has 0 saturated carbocycles. The van der Waals surface area contributed by atoms with Crippen molar-refractivity contribution in [1.29, 1.82) is 5.26 Å². The molecule has 1 aromatic heterocycles. The molecule has 0 bridgehead atoms. The van der Waals surface area contributed by atoms with Gasteiger partial charge in [-0.3, -0.25) is 9.69 Å². The minimum absolute atomic E-state index is 0.0878. The van der Waals surface area contributed by atoms with Crippen LogP contribution in [0.4, 0.5) is 15.3 Å². The topological polar surface area (TPSA) is 147 Å². The van der Waals surface area contributed by atoms with Gasteiger partial charge < -0.3 is 19.1 Å². The number of rotatable bonds is 7. The van der Waals surface area contributed by atoms with Gasteiger partial charge in [0.2, 0.25) is 5.82 Å². The zero-order chi connectivity index (χ0) is 35.2. The van der Waals surface area contributed by atoms with Gasteiger partial charge in [0.25, 0.3) is 0 Å². The number of methoxy groups -OCH3 is 1. The number of ether oxygens (including phenoxy) is 3. The first-order valence-electron chi connectivity index (χ1n) is 15.7. The van der Waals surface area contributed by atoms with Crippen LogP contribution in [0.3, 0.4) is 0 Å². The molecule has 2 aromatic carbocycles. The molecule has 1 atom stereocenters. The van der Waals surface area contributed by atoms with Crippen LogP contribution in [-0.2, 0) is 9.47 Å². The van der Waals surface area contributed by atoms with E-state index in [1.54, 1.807) is 44.0 Å². The van der Waals surface area contributed by atoms with Gasteiger partial charge in [0, 0.05) is 47.9 Å². The van der Waals surface area contributed by atoms with E-state index in [2.05, 4.69) is 21.5 Å². The highest BCUT2D eigenvalue weighted by atomic mass is 16.6. The van der Waals surface area contributed by atoms with Crippen LogP contribution in [0.1, 0.15) is 65.0 Å². The van der Waals surface area contributed by atoms with Crippen LogP contribution in [0, 0.1) is 17.2 Å². The first-order valence-corrected chi connectivity index (χ1v) is 15.7. The number of fused-ring (bicyclic) bond motifs is 1. The van der Waals surface area contributed by atoms with Gasteiger partial charge in [-0.15, -0.1) is 0 Å². The first kappa shape index (κ1) is 35.5. The molecular formula is C36H42N6O6. The van der Waals surface area contributed by atoms with Gasteiger partial charge in [-0.2, -0.15) is 5.26 Å². The zero-order valence-corrected chi connectivity index (χ0v) is 28.6. The maximum atomic E-state index is 13.5. The third-order valence-corrected chi connectivity index (χ3v) is 7.22. The Balaban J connectivity index is 1.65. The summed E-state index contributed by atoms with van der Waals surface area (Å²) >= 11 is 0. The molecule has 1 aliphatic rings. The number of likely N-dealkylation sites (tertiary alicyclic amines) is 1. The van der Waals surface area contributed by atoms with Crippen LogP contribution in [0.2, 0.25) is 0 Å². The number of aliphatic imine (C=N–C) groups is 1. The molecule has 0 N–H and O–H groups in total. The number of piperidine rings is 1. The van der Waals surface area contributed by atoms with Crippen LogP contribution in [0.25, 0.3) is 22.0 Å². The second kappa shape index (κ2) is 14.6. The van der Waals surface area contributed by atoms with Crippen molar-refractivity contribution >= 4 is 40.8 Å². The van der Waals surface area contributed by atoms with Gasteiger partial charge in [-0.25, -0.2) is 24.5 Å². The molecule has 0 aliphatic carbocycles. The molecule has 2 heterocycles. The highest BCUT2D eigenvalue weighted by Gasteiger charge is 2.29. The Morgan fingerprint density at radius 1 is 1.10 bits per heavy atom. The Hall–Kier alpha value is -5.31. The Morgan fingerprint density at radius 3 is 2.48 bits per heavy atom. The van der Waals surface area contributed by atoms with E-state index in [0.717, 1.165) is 18.2 Å². The van der Waals surface area contributed by atoms with Crippen LogP contribution in [0.5, 0.6) is 5.75 Å². The van der Waals surface area contributed by atoms with E-state index < -0.39 is 23.2 Å². The lowest BCUT2D eigenvalue weighted by molar-refractivity contribution is 0.0195. The highest BCUT2D eigenvalue weighted by molar-refractivity contribution is 6.06. The molecule has 252 valence electrons. The number of carbonyl (C=O) groups excluding carboxylic acids is 3. The first-order chi connectivity index (χ1) is 22.6. The van der Waals surface area contributed by atoms with Crippen molar-refractivity contribution in [3.05, 3.63) is 60.6 Å². The Morgan fingerprint density at radius 2 is 1.81 bits per heavy atom. The second-order valence-electron chi connectivity index (χ2n) is 13.5.